The fourth-order valence-corrected chi connectivity index (χ4v) is 2.82. The van der Waals surface area contributed by atoms with E-state index in [1.54, 1.807) is 11.9 Å². The van der Waals surface area contributed by atoms with Gasteiger partial charge in [-0.3, -0.25) is 4.79 Å². The average Bonchev–Trinajstić information content (AvgIpc) is 3.16. The standard InChI is InChI=1S/C14H24N2O3/c1-16(9-10-7-8-10)14(19)15-12-6-4-2-3-5-11(12)13(17)18/h10-12H,2-9H2,1H3,(H,15,19)(H,17,18). The number of carboxylic acid groups (broad SMARTS) is 1. The number of hydrogen-bond acceptors (Lipinski definition) is 2. The molecule has 0 aromatic heterocycles. The van der Waals surface area contributed by atoms with Crippen molar-refractivity contribution >= 4 is 12.0 Å². The van der Waals surface area contributed by atoms with Gasteiger partial charge in [0.15, 0.2) is 0 Å². The van der Waals surface area contributed by atoms with E-state index in [9.17, 15) is 14.7 Å². The molecule has 2 unspecified atom stereocenters. The SMILES string of the molecule is CN(CC1CC1)C(=O)NC1CCCCCC1C(=O)O. The number of carboxylic acids is 1. The van der Waals surface area contributed by atoms with E-state index < -0.39 is 11.9 Å². The summed E-state index contributed by atoms with van der Waals surface area (Å²) in [5.41, 5.74) is 0. The summed E-state index contributed by atoms with van der Waals surface area (Å²) < 4.78 is 0. The first-order chi connectivity index (χ1) is 9.08. The van der Waals surface area contributed by atoms with Crippen LogP contribution in [0.1, 0.15) is 44.9 Å². The lowest BCUT2D eigenvalue weighted by atomic mass is 9.95. The molecule has 0 aromatic carbocycles. The van der Waals surface area contributed by atoms with Crippen LogP contribution in [0.4, 0.5) is 4.79 Å². The highest BCUT2D eigenvalue weighted by atomic mass is 16.4. The van der Waals surface area contributed by atoms with E-state index >= 15 is 0 Å². The number of hydrogen-bond donors (Lipinski definition) is 2. The largest absolute Gasteiger partial charge is 0.481 e. The lowest BCUT2D eigenvalue weighted by Crippen LogP contribution is -2.48. The highest BCUT2D eigenvalue weighted by Crippen LogP contribution is 2.29. The molecule has 0 saturated heterocycles. The Morgan fingerprint density at radius 3 is 2.47 bits per heavy atom. The van der Waals surface area contributed by atoms with Gasteiger partial charge in [-0.1, -0.05) is 19.3 Å². The summed E-state index contributed by atoms with van der Waals surface area (Å²) in [5, 5.41) is 12.2. The van der Waals surface area contributed by atoms with Gasteiger partial charge in [0.25, 0.3) is 0 Å². The maximum Gasteiger partial charge on any atom is 0.317 e. The van der Waals surface area contributed by atoms with Gasteiger partial charge >= 0.3 is 12.0 Å². The second kappa shape index (κ2) is 6.26. The fourth-order valence-electron chi connectivity index (χ4n) is 2.82. The van der Waals surface area contributed by atoms with Crippen LogP contribution in [0.3, 0.4) is 0 Å². The molecule has 2 amide bonds. The lowest BCUT2D eigenvalue weighted by molar-refractivity contribution is -0.142. The number of rotatable bonds is 4. The molecule has 2 aliphatic carbocycles. The molecule has 2 aliphatic rings. The van der Waals surface area contributed by atoms with Crippen LogP contribution >= 0.6 is 0 Å². The van der Waals surface area contributed by atoms with Crippen molar-refractivity contribution in [1.29, 1.82) is 0 Å². The Hall–Kier alpha value is -1.26. The zero-order valence-corrected chi connectivity index (χ0v) is 11.6. The third kappa shape index (κ3) is 4.11. The van der Waals surface area contributed by atoms with Crippen LogP contribution in [0.15, 0.2) is 0 Å². The Kier molecular flexibility index (Phi) is 4.66. The number of nitrogens with zero attached hydrogens (tertiary/aromatic N) is 1. The van der Waals surface area contributed by atoms with Crippen LogP contribution < -0.4 is 5.32 Å². The highest BCUT2D eigenvalue weighted by molar-refractivity contribution is 5.76. The average molecular weight is 268 g/mol. The van der Waals surface area contributed by atoms with Crippen LogP contribution in [0.2, 0.25) is 0 Å². The highest BCUT2D eigenvalue weighted by Gasteiger charge is 2.32. The van der Waals surface area contributed by atoms with Gasteiger partial charge in [-0.15, -0.1) is 0 Å². The second-order valence-electron chi connectivity index (χ2n) is 5.96. The van der Waals surface area contributed by atoms with Crippen molar-refractivity contribution in [3.8, 4) is 0 Å². The molecule has 2 N–H and O–H groups in total. The van der Waals surface area contributed by atoms with Crippen molar-refractivity contribution in [2.45, 2.75) is 51.0 Å². The number of carbonyl (C=O) groups excluding carboxylic acids is 1. The van der Waals surface area contributed by atoms with Gasteiger partial charge in [0.05, 0.1) is 5.92 Å². The summed E-state index contributed by atoms with van der Waals surface area (Å²) in [6, 6.07) is -0.334. The number of carbonyl (C=O) groups is 2. The molecule has 19 heavy (non-hydrogen) atoms. The smallest absolute Gasteiger partial charge is 0.317 e. The molecule has 108 valence electrons. The summed E-state index contributed by atoms with van der Waals surface area (Å²) in [4.78, 5) is 25.1. The van der Waals surface area contributed by atoms with Gasteiger partial charge in [-0.25, -0.2) is 4.79 Å². The van der Waals surface area contributed by atoms with Gasteiger partial charge in [-0.05, 0) is 31.6 Å². The van der Waals surface area contributed by atoms with E-state index in [0.717, 1.165) is 32.2 Å². The number of urea groups is 1. The predicted molar refractivity (Wildman–Crippen MR) is 71.9 cm³/mol. The predicted octanol–water partition coefficient (Wildman–Crippen LogP) is 2.07. The Morgan fingerprint density at radius 1 is 1.16 bits per heavy atom. The summed E-state index contributed by atoms with van der Waals surface area (Å²) in [6.45, 7) is 0.788. The minimum Gasteiger partial charge on any atom is -0.481 e. The third-order valence-corrected chi connectivity index (χ3v) is 4.22. The lowest BCUT2D eigenvalue weighted by Gasteiger charge is -2.26. The van der Waals surface area contributed by atoms with E-state index in [2.05, 4.69) is 5.32 Å². The van der Waals surface area contributed by atoms with E-state index in [4.69, 9.17) is 0 Å². The molecule has 2 rings (SSSR count). The normalized spacial score (nSPS) is 27.4. The van der Waals surface area contributed by atoms with Gasteiger partial charge < -0.3 is 15.3 Å². The Labute approximate surface area is 114 Å². The molecule has 0 spiro atoms. The first-order valence-corrected chi connectivity index (χ1v) is 7.32. The molecular formula is C14H24N2O3. The van der Waals surface area contributed by atoms with E-state index in [-0.39, 0.29) is 12.1 Å². The zero-order chi connectivity index (χ0) is 13.8. The van der Waals surface area contributed by atoms with Gasteiger partial charge in [0, 0.05) is 19.6 Å². The Balaban J connectivity index is 1.89. The number of amides is 2. The van der Waals surface area contributed by atoms with Crippen LogP contribution in [0.25, 0.3) is 0 Å². The maximum atomic E-state index is 12.1. The molecule has 0 bridgehead atoms. The van der Waals surface area contributed by atoms with Crippen LogP contribution in [-0.2, 0) is 4.79 Å². The van der Waals surface area contributed by atoms with Crippen molar-refractivity contribution in [3.63, 3.8) is 0 Å². The Bertz CT molecular complexity index is 342. The second-order valence-corrected chi connectivity index (χ2v) is 5.96. The fraction of sp³-hybridized carbons (Fsp3) is 0.857. The van der Waals surface area contributed by atoms with E-state index in [1.165, 1.54) is 12.8 Å². The van der Waals surface area contributed by atoms with Gasteiger partial charge in [0.1, 0.15) is 0 Å². The first kappa shape index (κ1) is 14.2. The van der Waals surface area contributed by atoms with Crippen molar-refractivity contribution < 1.29 is 14.7 Å². The molecule has 5 heteroatoms. The molecule has 2 fully saturated rings. The summed E-state index contributed by atoms with van der Waals surface area (Å²) in [7, 11) is 1.79. The van der Waals surface area contributed by atoms with Crippen molar-refractivity contribution in [2.24, 2.45) is 11.8 Å². The topological polar surface area (TPSA) is 69.6 Å². The quantitative estimate of drug-likeness (QED) is 0.767. The van der Waals surface area contributed by atoms with Crippen LogP contribution in [-0.4, -0.2) is 41.6 Å². The van der Waals surface area contributed by atoms with Crippen LogP contribution in [0.5, 0.6) is 0 Å². The summed E-state index contributed by atoms with van der Waals surface area (Å²) in [6.07, 6.45) is 6.88. The zero-order valence-electron chi connectivity index (χ0n) is 11.6. The maximum absolute atomic E-state index is 12.1. The van der Waals surface area contributed by atoms with Gasteiger partial charge in [0.2, 0.25) is 0 Å². The summed E-state index contributed by atoms with van der Waals surface area (Å²) in [5.74, 6) is -0.557. The van der Waals surface area contributed by atoms with Crippen LogP contribution in [0, 0.1) is 11.8 Å². The summed E-state index contributed by atoms with van der Waals surface area (Å²) >= 11 is 0. The third-order valence-electron chi connectivity index (χ3n) is 4.22. The van der Waals surface area contributed by atoms with Crippen molar-refractivity contribution in [3.05, 3.63) is 0 Å². The number of nitrogens with one attached hydrogen (secondary N) is 1. The van der Waals surface area contributed by atoms with E-state index in [1.807, 2.05) is 0 Å². The van der Waals surface area contributed by atoms with Crippen molar-refractivity contribution in [2.75, 3.05) is 13.6 Å². The molecule has 0 radical (unpaired) electrons. The molecule has 0 heterocycles. The first-order valence-electron chi connectivity index (χ1n) is 7.32. The van der Waals surface area contributed by atoms with E-state index in [0.29, 0.717) is 12.3 Å². The van der Waals surface area contributed by atoms with Gasteiger partial charge in [-0.2, -0.15) is 0 Å². The molecular weight excluding hydrogens is 244 g/mol. The molecule has 2 atom stereocenters. The molecule has 2 saturated carbocycles. The minimum absolute atomic E-state index is 0.120. The number of aliphatic carboxylic acids is 1. The monoisotopic (exact) mass is 268 g/mol. The molecule has 5 nitrogen and oxygen atoms in total. The van der Waals surface area contributed by atoms with Crippen molar-refractivity contribution in [1.82, 2.24) is 10.2 Å². The molecule has 0 aromatic rings. The Morgan fingerprint density at radius 2 is 1.84 bits per heavy atom. The molecule has 0 aliphatic heterocycles. The minimum atomic E-state index is -0.781.